The zero-order valence-corrected chi connectivity index (χ0v) is 23.9. The van der Waals surface area contributed by atoms with Crippen LogP contribution in [0.3, 0.4) is 0 Å². The molecule has 4 rings (SSSR count). The van der Waals surface area contributed by atoms with Gasteiger partial charge in [0.05, 0.1) is 20.3 Å². The van der Waals surface area contributed by atoms with Gasteiger partial charge in [-0.1, -0.05) is 59.0 Å². The van der Waals surface area contributed by atoms with Gasteiger partial charge in [0, 0.05) is 33.3 Å². The van der Waals surface area contributed by atoms with E-state index in [1.807, 2.05) is 26.0 Å². The third kappa shape index (κ3) is 5.58. The average molecular weight is 597 g/mol. The molecule has 11 heteroatoms. The standard InChI is InChI=1S/C28H25Cl2F3N2O3S/c1-5-39(37,25-9-6-16(2)10-18(25)4)35-26(36)23-8-7-19(11-17(23)3)24-15-27(38-34-24,28(31,32)33)20-12-21(29)14-22(30)13-20/h6-14H,5,15H2,1-4H3. The molecule has 39 heavy (non-hydrogen) atoms. The first-order valence-electron chi connectivity index (χ1n) is 11.9. The van der Waals surface area contributed by atoms with Crippen LogP contribution in [0.4, 0.5) is 13.2 Å². The average Bonchev–Trinajstić information content (AvgIpc) is 3.30. The van der Waals surface area contributed by atoms with Gasteiger partial charge < -0.3 is 4.84 Å². The minimum atomic E-state index is -4.83. The fraction of sp³-hybridized carbons (Fsp3) is 0.286. The fourth-order valence-corrected chi connectivity index (χ4v) is 6.81. The van der Waals surface area contributed by atoms with Crippen LogP contribution >= 0.6 is 23.2 Å². The lowest BCUT2D eigenvalue weighted by molar-refractivity contribution is -0.275. The SMILES string of the molecule is CCS(=O)(=NC(=O)c1ccc(C2=NOC(c3cc(Cl)cc(Cl)c3)(C(F)(F)F)C2)cc1C)c1ccc(C)cc1C. The molecule has 1 aliphatic rings. The lowest BCUT2D eigenvalue weighted by atomic mass is 9.86. The molecule has 0 aromatic heterocycles. The molecule has 0 bridgehead atoms. The second kappa shape index (κ2) is 10.6. The Bertz CT molecular complexity index is 1610. The van der Waals surface area contributed by atoms with Crippen LogP contribution in [0.25, 0.3) is 0 Å². The highest BCUT2D eigenvalue weighted by Crippen LogP contribution is 2.49. The van der Waals surface area contributed by atoms with Crippen molar-refractivity contribution in [3.05, 3.63) is 98.0 Å². The van der Waals surface area contributed by atoms with Crippen molar-refractivity contribution in [1.82, 2.24) is 0 Å². The number of oxime groups is 1. The van der Waals surface area contributed by atoms with Gasteiger partial charge in [-0.25, -0.2) is 4.21 Å². The number of hydrogen-bond donors (Lipinski definition) is 0. The number of aryl methyl sites for hydroxylation is 3. The van der Waals surface area contributed by atoms with E-state index in [9.17, 15) is 22.2 Å². The molecule has 1 aliphatic heterocycles. The van der Waals surface area contributed by atoms with Crippen LogP contribution in [0.15, 0.2) is 69.0 Å². The number of rotatable bonds is 5. The van der Waals surface area contributed by atoms with Crippen molar-refractivity contribution in [2.45, 2.75) is 50.8 Å². The Balaban J connectivity index is 1.67. The predicted octanol–water partition coefficient (Wildman–Crippen LogP) is 8.19. The molecular formula is C28H25Cl2F3N2O3S. The minimum Gasteiger partial charge on any atom is -0.374 e. The van der Waals surface area contributed by atoms with E-state index in [4.69, 9.17) is 28.0 Å². The summed E-state index contributed by atoms with van der Waals surface area (Å²) in [5.74, 6) is -0.533. The first-order valence-corrected chi connectivity index (χ1v) is 14.4. The van der Waals surface area contributed by atoms with Gasteiger partial charge in [0.2, 0.25) is 0 Å². The highest BCUT2D eigenvalue weighted by Gasteiger charge is 2.62. The smallest absolute Gasteiger partial charge is 0.374 e. The van der Waals surface area contributed by atoms with Crippen molar-refractivity contribution in [2.75, 3.05) is 5.75 Å². The maximum Gasteiger partial charge on any atom is 0.435 e. The molecule has 3 aromatic rings. The highest BCUT2D eigenvalue weighted by atomic mass is 35.5. The van der Waals surface area contributed by atoms with Gasteiger partial charge in [0.1, 0.15) is 0 Å². The van der Waals surface area contributed by atoms with Crippen molar-refractivity contribution >= 4 is 44.5 Å². The summed E-state index contributed by atoms with van der Waals surface area (Å²) < 4.78 is 60.7. The third-order valence-corrected chi connectivity index (χ3v) is 9.43. The van der Waals surface area contributed by atoms with E-state index < -0.39 is 33.8 Å². The van der Waals surface area contributed by atoms with Crippen molar-refractivity contribution in [3.63, 3.8) is 0 Å². The molecule has 0 N–H and O–H groups in total. The maximum atomic E-state index is 14.3. The Morgan fingerprint density at radius 2 is 1.69 bits per heavy atom. The van der Waals surface area contributed by atoms with E-state index in [0.717, 1.165) is 23.3 Å². The van der Waals surface area contributed by atoms with Crippen LogP contribution in [0.2, 0.25) is 10.0 Å². The molecule has 0 saturated carbocycles. The first-order chi connectivity index (χ1) is 18.2. The molecule has 0 saturated heterocycles. The fourth-order valence-electron chi connectivity index (χ4n) is 4.54. The summed E-state index contributed by atoms with van der Waals surface area (Å²) in [7, 11) is -3.03. The molecular weight excluding hydrogens is 572 g/mol. The van der Waals surface area contributed by atoms with Crippen LogP contribution in [0.1, 0.15) is 51.5 Å². The lowest BCUT2D eigenvalue weighted by Gasteiger charge is -2.29. The van der Waals surface area contributed by atoms with Gasteiger partial charge in [-0.3, -0.25) is 4.79 Å². The van der Waals surface area contributed by atoms with Crippen LogP contribution < -0.4 is 0 Å². The molecule has 1 heterocycles. The zero-order valence-electron chi connectivity index (χ0n) is 21.5. The monoisotopic (exact) mass is 596 g/mol. The van der Waals surface area contributed by atoms with E-state index in [2.05, 4.69) is 9.52 Å². The predicted molar refractivity (Wildman–Crippen MR) is 147 cm³/mol. The second-order valence-corrected chi connectivity index (χ2v) is 12.8. The van der Waals surface area contributed by atoms with Gasteiger partial charge in [-0.15, -0.1) is 0 Å². The summed E-state index contributed by atoms with van der Waals surface area (Å²) in [6.07, 6.45) is -5.45. The Labute approximate surface area is 235 Å². The van der Waals surface area contributed by atoms with Crippen molar-refractivity contribution < 1.29 is 27.0 Å². The molecule has 1 amide bonds. The summed E-state index contributed by atoms with van der Waals surface area (Å²) in [5, 5.41) is 3.83. The van der Waals surface area contributed by atoms with Crippen LogP contribution in [0, 0.1) is 20.8 Å². The molecule has 0 spiro atoms. The highest BCUT2D eigenvalue weighted by molar-refractivity contribution is 7.94. The molecule has 0 aliphatic carbocycles. The molecule has 206 valence electrons. The minimum absolute atomic E-state index is 0.0325. The molecule has 5 nitrogen and oxygen atoms in total. The Hall–Kier alpha value is -2.88. The largest absolute Gasteiger partial charge is 0.435 e. The van der Waals surface area contributed by atoms with Gasteiger partial charge in [0.15, 0.2) is 0 Å². The molecule has 0 radical (unpaired) electrons. The molecule has 0 fully saturated rings. The van der Waals surface area contributed by atoms with Crippen LogP contribution in [-0.2, 0) is 20.2 Å². The summed E-state index contributed by atoms with van der Waals surface area (Å²) in [5.41, 5.74) is -0.255. The Morgan fingerprint density at radius 1 is 1.03 bits per heavy atom. The molecule has 2 unspecified atom stereocenters. The maximum absolute atomic E-state index is 14.3. The van der Waals surface area contributed by atoms with Crippen molar-refractivity contribution in [3.8, 4) is 0 Å². The molecule has 2 atom stereocenters. The van der Waals surface area contributed by atoms with Gasteiger partial charge in [-0.05, 0) is 73.9 Å². The van der Waals surface area contributed by atoms with E-state index in [1.54, 1.807) is 19.9 Å². The van der Waals surface area contributed by atoms with Crippen LogP contribution in [-0.4, -0.2) is 27.8 Å². The van der Waals surface area contributed by atoms with Crippen LogP contribution in [0.5, 0.6) is 0 Å². The number of nitrogens with zero attached hydrogens (tertiary/aromatic N) is 2. The summed E-state index contributed by atoms with van der Waals surface area (Å²) >= 11 is 11.9. The van der Waals surface area contributed by atoms with E-state index in [0.29, 0.717) is 16.0 Å². The first kappa shape index (κ1) is 29.1. The number of benzene rings is 3. The van der Waals surface area contributed by atoms with E-state index in [1.165, 1.54) is 24.3 Å². The number of carbonyl (C=O) groups is 1. The van der Waals surface area contributed by atoms with Gasteiger partial charge in [0.25, 0.3) is 11.5 Å². The Kier molecular flexibility index (Phi) is 7.91. The summed E-state index contributed by atoms with van der Waals surface area (Å²) in [6.45, 7) is 7.06. The summed E-state index contributed by atoms with van der Waals surface area (Å²) in [6, 6.07) is 13.5. The van der Waals surface area contributed by atoms with Crippen molar-refractivity contribution in [2.24, 2.45) is 9.52 Å². The van der Waals surface area contributed by atoms with E-state index >= 15 is 0 Å². The topological polar surface area (TPSA) is 68.1 Å². The second-order valence-electron chi connectivity index (χ2n) is 9.41. The number of halogens is 5. The molecule has 3 aromatic carbocycles. The normalized spacial score (nSPS) is 18.7. The van der Waals surface area contributed by atoms with E-state index in [-0.39, 0.29) is 32.6 Å². The van der Waals surface area contributed by atoms with Crippen molar-refractivity contribution in [1.29, 1.82) is 0 Å². The number of amides is 1. The number of hydrogen-bond acceptors (Lipinski definition) is 4. The Morgan fingerprint density at radius 3 is 2.26 bits per heavy atom. The third-order valence-electron chi connectivity index (χ3n) is 6.60. The number of alkyl halides is 3. The summed E-state index contributed by atoms with van der Waals surface area (Å²) in [4.78, 5) is 18.7. The zero-order chi connectivity index (χ0) is 28.8. The van der Waals surface area contributed by atoms with Gasteiger partial charge >= 0.3 is 6.18 Å². The number of carbonyl (C=O) groups excluding carboxylic acids is 1. The van der Waals surface area contributed by atoms with Gasteiger partial charge in [-0.2, -0.15) is 17.5 Å². The quantitative estimate of drug-likeness (QED) is 0.298. The lowest BCUT2D eigenvalue weighted by Crippen LogP contribution is -2.42.